The lowest BCUT2D eigenvalue weighted by Crippen LogP contribution is -2.43. The van der Waals surface area contributed by atoms with Crippen LogP contribution in [0.15, 0.2) is 18.2 Å². The molecule has 2 bridgehead atoms. The van der Waals surface area contributed by atoms with E-state index in [0.29, 0.717) is 24.9 Å². The molecule has 0 radical (unpaired) electrons. The minimum absolute atomic E-state index is 0.104. The molecule has 0 unspecified atom stereocenters. The quantitative estimate of drug-likeness (QED) is 0.871. The fourth-order valence-electron chi connectivity index (χ4n) is 5.51. The predicted molar refractivity (Wildman–Crippen MR) is 106 cm³/mol. The van der Waals surface area contributed by atoms with Crippen LogP contribution in [0.25, 0.3) is 0 Å². The van der Waals surface area contributed by atoms with Crippen molar-refractivity contribution in [3.05, 3.63) is 34.9 Å². The first kappa shape index (κ1) is 18.2. The molecular weight excluding hydrogens is 352 g/mol. The first-order chi connectivity index (χ1) is 13.3. The molecule has 3 aliphatic heterocycles. The molecule has 4 aliphatic rings. The molecule has 3 saturated heterocycles. The van der Waals surface area contributed by atoms with Gasteiger partial charge in [0, 0.05) is 35.9 Å². The highest BCUT2D eigenvalue weighted by Crippen LogP contribution is 2.55. The maximum Gasteiger partial charge on any atom is 0.253 e. The van der Waals surface area contributed by atoms with Gasteiger partial charge in [-0.15, -0.1) is 0 Å². The Bertz CT molecular complexity index is 846. The molecule has 4 fully saturated rings. The first-order valence-electron chi connectivity index (χ1n) is 10.6. The van der Waals surface area contributed by atoms with Gasteiger partial charge >= 0.3 is 0 Å². The first-order valence-corrected chi connectivity index (χ1v) is 10.6. The van der Waals surface area contributed by atoms with E-state index >= 15 is 0 Å². The molecule has 0 aromatic heterocycles. The predicted octanol–water partition coefficient (Wildman–Crippen LogP) is 2.84. The van der Waals surface area contributed by atoms with E-state index in [1.165, 1.54) is 5.56 Å². The van der Waals surface area contributed by atoms with E-state index in [1.54, 1.807) is 0 Å². The number of benzene rings is 1. The van der Waals surface area contributed by atoms with Crippen LogP contribution in [0.1, 0.15) is 54.1 Å². The Morgan fingerprint density at radius 2 is 2.00 bits per heavy atom. The van der Waals surface area contributed by atoms with Crippen LogP contribution in [0.4, 0.5) is 0 Å². The summed E-state index contributed by atoms with van der Waals surface area (Å²) in [5.41, 5.74) is 2.78. The van der Waals surface area contributed by atoms with Gasteiger partial charge in [0.1, 0.15) is 0 Å². The number of rotatable bonds is 4. The van der Waals surface area contributed by atoms with Crippen molar-refractivity contribution in [3.63, 3.8) is 0 Å². The standard InChI is InChI=1S/C23H30N2O3/c1-14-4-5-16(10-15(14)2)20(26)25-12-18-17(11-24-21(27)22(3)8-9-22)19-6-7-23(18,13-25)28-19/h4-5,10,17-19H,6-9,11-13H2,1-3H3,(H,24,27)/t17-,18+,19+,23+/m0/s1. The minimum Gasteiger partial charge on any atom is -0.369 e. The number of carbonyl (C=O) groups is 2. The average Bonchev–Trinajstić information content (AvgIpc) is 3.04. The Morgan fingerprint density at radius 1 is 1.21 bits per heavy atom. The van der Waals surface area contributed by atoms with Gasteiger partial charge in [-0.2, -0.15) is 0 Å². The van der Waals surface area contributed by atoms with Crippen LogP contribution >= 0.6 is 0 Å². The van der Waals surface area contributed by atoms with Gasteiger partial charge in [0.15, 0.2) is 0 Å². The fourth-order valence-corrected chi connectivity index (χ4v) is 5.51. The van der Waals surface area contributed by atoms with Gasteiger partial charge in [-0.05, 0) is 62.8 Å². The summed E-state index contributed by atoms with van der Waals surface area (Å²) in [4.78, 5) is 27.5. The second-order valence-corrected chi connectivity index (χ2v) is 9.79. The van der Waals surface area contributed by atoms with E-state index in [1.807, 2.05) is 36.9 Å². The van der Waals surface area contributed by atoms with Crippen molar-refractivity contribution in [2.24, 2.45) is 17.3 Å². The maximum absolute atomic E-state index is 13.1. The zero-order valence-electron chi connectivity index (χ0n) is 17.1. The average molecular weight is 383 g/mol. The largest absolute Gasteiger partial charge is 0.369 e. The molecule has 4 atom stereocenters. The van der Waals surface area contributed by atoms with Crippen molar-refractivity contribution < 1.29 is 14.3 Å². The molecule has 1 aliphatic carbocycles. The summed E-state index contributed by atoms with van der Waals surface area (Å²) >= 11 is 0. The summed E-state index contributed by atoms with van der Waals surface area (Å²) in [5, 5.41) is 3.19. The van der Waals surface area contributed by atoms with Gasteiger partial charge in [-0.25, -0.2) is 0 Å². The van der Waals surface area contributed by atoms with Crippen molar-refractivity contribution in [3.8, 4) is 0 Å². The number of ether oxygens (including phenoxy) is 1. The van der Waals surface area contributed by atoms with E-state index < -0.39 is 0 Å². The van der Waals surface area contributed by atoms with Gasteiger partial charge in [0.05, 0.1) is 18.2 Å². The number of likely N-dealkylation sites (tertiary alicyclic amines) is 1. The Labute approximate surface area is 166 Å². The van der Waals surface area contributed by atoms with E-state index in [-0.39, 0.29) is 28.9 Å². The molecule has 5 rings (SSSR count). The Morgan fingerprint density at radius 3 is 2.71 bits per heavy atom. The van der Waals surface area contributed by atoms with Gasteiger partial charge in [-0.1, -0.05) is 13.0 Å². The van der Waals surface area contributed by atoms with Crippen molar-refractivity contribution in [1.82, 2.24) is 10.2 Å². The van der Waals surface area contributed by atoms with Crippen LogP contribution in [-0.2, 0) is 9.53 Å². The maximum atomic E-state index is 13.1. The molecule has 5 heteroatoms. The molecule has 1 aromatic carbocycles. The summed E-state index contributed by atoms with van der Waals surface area (Å²) < 4.78 is 6.44. The molecule has 5 nitrogen and oxygen atoms in total. The smallest absolute Gasteiger partial charge is 0.253 e. The highest BCUT2D eigenvalue weighted by atomic mass is 16.5. The highest BCUT2D eigenvalue weighted by Gasteiger charge is 2.63. The van der Waals surface area contributed by atoms with E-state index in [4.69, 9.17) is 4.74 Å². The van der Waals surface area contributed by atoms with Crippen LogP contribution in [-0.4, -0.2) is 48.1 Å². The van der Waals surface area contributed by atoms with Crippen molar-refractivity contribution >= 4 is 11.8 Å². The van der Waals surface area contributed by atoms with Gasteiger partial charge in [-0.3, -0.25) is 9.59 Å². The molecule has 1 N–H and O–H groups in total. The molecule has 2 amide bonds. The van der Waals surface area contributed by atoms with Gasteiger partial charge < -0.3 is 15.0 Å². The number of hydrogen-bond acceptors (Lipinski definition) is 3. The summed E-state index contributed by atoms with van der Waals surface area (Å²) in [6, 6.07) is 5.95. The van der Waals surface area contributed by atoms with Crippen LogP contribution in [0.5, 0.6) is 0 Å². The molecule has 1 aromatic rings. The summed E-state index contributed by atoms with van der Waals surface area (Å²) in [6.07, 6.45) is 4.29. The zero-order valence-corrected chi connectivity index (χ0v) is 17.1. The normalized spacial score (nSPS) is 34.4. The van der Waals surface area contributed by atoms with Crippen molar-refractivity contribution in [2.75, 3.05) is 19.6 Å². The van der Waals surface area contributed by atoms with E-state index in [0.717, 1.165) is 43.4 Å². The van der Waals surface area contributed by atoms with Crippen LogP contribution < -0.4 is 5.32 Å². The van der Waals surface area contributed by atoms with Crippen LogP contribution in [0, 0.1) is 31.1 Å². The second kappa shape index (κ2) is 6.06. The third-order valence-corrected chi connectivity index (χ3v) is 7.87. The number of fused-ring (bicyclic) bond motifs is 1. The van der Waals surface area contributed by atoms with Gasteiger partial charge in [0.2, 0.25) is 5.91 Å². The number of nitrogens with zero attached hydrogens (tertiary/aromatic N) is 1. The number of carbonyl (C=O) groups excluding carboxylic acids is 2. The Balaban J connectivity index is 1.30. The van der Waals surface area contributed by atoms with Crippen LogP contribution in [0.3, 0.4) is 0 Å². The summed E-state index contributed by atoms with van der Waals surface area (Å²) in [7, 11) is 0. The van der Waals surface area contributed by atoms with Gasteiger partial charge in [0.25, 0.3) is 5.91 Å². The molecular formula is C23H30N2O3. The minimum atomic E-state index is -0.195. The molecule has 3 heterocycles. The Hall–Kier alpha value is -1.88. The number of amides is 2. The van der Waals surface area contributed by atoms with Crippen LogP contribution in [0.2, 0.25) is 0 Å². The molecule has 28 heavy (non-hydrogen) atoms. The Kier molecular flexibility index (Phi) is 3.93. The second-order valence-electron chi connectivity index (χ2n) is 9.79. The number of nitrogens with one attached hydrogen (secondary N) is 1. The van der Waals surface area contributed by atoms with Crippen molar-refractivity contribution in [1.29, 1.82) is 0 Å². The lowest BCUT2D eigenvalue weighted by atomic mass is 9.73. The number of hydrogen-bond donors (Lipinski definition) is 1. The fraction of sp³-hybridized carbons (Fsp3) is 0.652. The zero-order chi connectivity index (χ0) is 19.7. The monoisotopic (exact) mass is 382 g/mol. The summed E-state index contributed by atoms with van der Waals surface area (Å²) in [6.45, 7) is 8.25. The highest BCUT2D eigenvalue weighted by molar-refractivity contribution is 5.94. The van der Waals surface area contributed by atoms with E-state index in [9.17, 15) is 9.59 Å². The lowest BCUT2D eigenvalue weighted by Gasteiger charge is -2.29. The third-order valence-electron chi connectivity index (χ3n) is 7.87. The van der Waals surface area contributed by atoms with Crippen molar-refractivity contribution in [2.45, 2.75) is 58.2 Å². The van der Waals surface area contributed by atoms with E-state index in [2.05, 4.69) is 12.2 Å². The molecule has 1 spiro atoms. The lowest BCUT2D eigenvalue weighted by molar-refractivity contribution is -0.126. The molecule has 1 saturated carbocycles. The molecule has 150 valence electrons. The topological polar surface area (TPSA) is 58.6 Å². The number of aryl methyl sites for hydroxylation is 2. The SMILES string of the molecule is Cc1ccc(C(=O)N2C[C@@H]3[C@H](CNC(=O)C4(C)CC4)[C@H]4CC[C@]3(C2)O4)cc1C. The summed E-state index contributed by atoms with van der Waals surface area (Å²) in [5.74, 6) is 0.934. The third kappa shape index (κ3) is 2.70.